The van der Waals surface area contributed by atoms with Crippen molar-refractivity contribution in [3.63, 3.8) is 0 Å². The third-order valence-corrected chi connectivity index (χ3v) is 6.24. The van der Waals surface area contributed by atoms with Crippen molar-refractivity contribution in [2.45, 2.75) is 58.2 Å². The number of anilines is 1. The first-order valence-corrected chi connectivity index (χ1v) is 13.0. The average Bonchev–Trinajstić information content (AvgIpc) is 3.42. The maximum atomic E-state index is 13.2. The number of nitrogens with one attached hydrogen (secondary N) is 2. The minimum atomic E-state index is -1.38. The SMILES string of the molecule is CCN(C(=O)c1coc(C(O)C(CCc2ccccc2)NC(=O)C(CC(C)C)NC(=O)O)n1)c1ccccc1. The molecule has 3 rings (SSSR count). The van der Waals surface area contributed by atoms with Crippen molar-refractivity contribution in [2.75, 3.05) is 11.4 Å². The Morgan fingerprint density at radius 2 is 1.64 bits per heavy atom. The minimum Gasteiger partial charge on any atom is -0.465 e. The number of benzene rings is 2. The number of rotatable bonds is 13. The van der Waals surface area contributed by atoms with Crippen LogP contribution in [0.25, 0.3) is 0 Å². The van der Waals surface area contributed by atoms with E-state index in [0.717, 1.165) is 5.56 Å². The van der Waals surface area contributed by atoms with Crippen LogP contribution in [0.4, 0.5) is 10.5 Å². The van der Waals surface area contributed by atoms with Crippen molar-refractivity contribution < 1.29 is 29.0 Å². The fourth-order valence-electron chi connectivity index (χ4n) is 4.29. The molecule has 4 N–H and O–H groups in total. The van der Waals surface area contributed by atoms with Gasteiger partial charge in [-0.05, 0) is 49.8 Å². The van der Waals surface area contributed by atoms with Crippen LogP contribution in [0.1, 0.15) is 61.7 Å². The Balaban J connectivity index is 1.82. The molecule has 0 aliphatic carbocycles. The van der Waals surface area contributed by atoms with Gasteiger partial charge >= 0.3 is 6.09 Å². The molecule has 3 aromatic rings. The number of amides is 3. The van der Waals surface area contributed by atoms with E-state index < -0.39 is 36.1 Å². The number of aliphatic hydroxyl groups excluding tert-OH is 1. The number of hydrogen-bond donors (Lipinski definition) is 4. The van der Waals surface area contributed by atoms with Crippen LogP contribution in [0.5, 0.6) is 0 Å². The third-order valence-electron chi connectivity index (χ3n) is 6.24. The van der Waals surface area contributed by atoms with E-state index >= 15 is 0 Å². The first kappa shape index (κ1) is 29.4. The first-order chi connectivity index (χ1) is 18.7. The molecule has 3 unspecified atom stereocenters. The van der Waals surface area contributed by atoms with Crippen LogP contribution >= 0.6 is 0 Å². The van der Waals surface area contributed by atoms with Gasteiger partial charge in [0.15, 0.2) is 11.8 Å². The predicted molar refractivity (Wildman–Crippen MR) is 146 cm³/mol. The lowest BCUT2D eigenvalue weighted by Crippen LogP contribution is -2.51. The molecule has 10 nitrogen and oxygen atoms in total. The summed E-state index contributed by atoms with van der Waals surface area (Å²) >= 11 is 0. The minimum absolute atomic E-state index is 0.0214. The summed E-state index contributed by atoms with van der Waals surface area (Å²) in [5.74, 6) is -1.02. The van der Waals surface area contributed by atoms with Crippen LogP contribution in [0, 0.1) is 5.92 Å². The second-order valence-corrected chi connectivity index (χ2v) is 9.67. The van der Waals surface area contributed by atoms with E-state index in [-0.39, 0.29) is 23.9 Å². The van der Waals surface area contributed by atoms with E-state index in [2.05, 4.69) is 15.6 Å². The molecule has 0 aliphatic rings. The maximum Gasteiger partial charge on any atom is 0.405 e. The fraction of sp³-hybridized carbons (Fsp3) is 0.379. The zero-order valence-corrected chi connectivity index (χ0v) is 22.4. The topological polar surface area (TPSA) is 145 Å². The van der Waals surface area contributed by atoms with Crippen molar-refractivity contribution >= 4 is 23.6 Å². The van der Waals surface area contributed by atoms with E-state index in [4.69, 9.17) is 4.42 Å². The lowest BCUT2D eigenvalue weighted by Gasteiger charge is -2.26. The molecule has 2 aromatic carbocycles. The van der Waals surface area contributed by atoms with Crippen molar-refractivity contribution in [1.82, 2.24) is 15.6 Å². The Morgan fingerprint density at radius 3 is 2.23 bits per heavy atom. The molecule has 0 aliphatic heterocycles. The molecule has 3 amide bonds. The van der Waals surface area contributed by atoms with Crippen LogP contribution in [0.2, 0.25) is 0 Å². The number of carbonyl (C=O) groups is 3. The van der Waals surface area contributed by atoms with E-state index in [0.29, 0.717) is 25.1 Å². The van der Waals surface area contributed by atoms with Gasteiger partial charge in [0.2, 0.25) is 11.8 Å². The summed E-state index contributed by atoms with van der Waals surface area (Å²) < 4.78 is 5.51. The Kier molecular flexibility index (Phi) is 10.6. The highest BCUT2D eigenvalue weighted by molar-refractivity contribution is 6.04. The Hall–Kier alpha value is -4.18. The smallest absolute Gasteiger partial charge is 0.405 e. The number of aryl methyl sites for hydroxylation is 1. The van der Waals surface area contributed by atoms with E-state index in [1.165, 1.54) is 11.2 Å². The largest absolute Gasteiger partial charge is 0.465 e. The second kappa shape index (κ2) is 14.1. The van der Waals surface area contributed by atoms with E-state index in [1.54, 1.807) is 0 Å². The number of hydrogen-bond acceptors (Lipinski definition) is 6. The summed E-state index contributed by atoms with van der Waals surface area (Å²) in [6.45, 7) is 6.00. The van der Waals surface area contributed by atoms with Gasteiger partial charge in [0, 0.05) is 12.2 Å². The van der Waals surface area contributed by atoms with Crippen LogP contribution in [-0.4, -0.2) is 51.7 Å². The van der Waals surface area contributed by atoms with Crippen molar-refractivity contribution in [2.24, 2.45) is 5.92 Å². The summed E-state index contributed by atoms with van der Waals surface area (Å²) in [6, 6.07) is 16.8. The Bertz CT molecular complexity index is 1210. The summed E-state index contributed by atoms with van der Waals surface area (Å²) in [5.41, 5.74) is 1.72. The molecule has 0 saturated carbocycles. The van der Waals surface area contributed by atoms with Crippen molar-refractivity contribution in [1.29, 1.82) is 0 Å². The molecule has 10 heteroatoms. The zero-order chi connectivity index (χ0) is 28.4. The molecule has 0 fully saturated rings. The summed E-state index contributed by atoms with van der Waals surface area (Å²) in [4.78, 5) is 43.4. The molecule has 208 valence electrons. The number of carbonyl (C=O) groups excluding carboxylic acids is 2. The average molecular weight is 537 g/mol. The molecule has 0 radical (unpaired) electrons. The molecule has 0 spiro atoms. The predicted octanol–water partition coefficient (Wildman–Crippen LogP) is 4.17. The number of nitrogens with zero attached hydrogens (tertiary/aromatic N) is 2. The van der Waals surface area contributed by atoms with Crippen molar-refractivity contribution in [3.05, 3.63) is 84.1 Å². The zero-order valence-electron chi connectivity index (χ0n) is 22.4. The summed E-state index contributed by atoms with van der Waals surface area (Å²) in [6.07, 6.45) is -0.384. The monoisotopic (exact) mass is 536 g/mol. The Labute approximate surface area is 228 Å². The van der Waals surface area contributed by atoms with Crippen molar-refractivity contribution in [3.8, 4) is 0 Å². The molecule has 0 saturated heterocycles. The Morgan fingerprint density at radius 1 is 1.00 bits per heavy atom. The highest BCUT2D eigenvalue weighted by Gasteiger charge is 2.31. The van der Waals surface area contributed by atoms with Gasteiger partial charge in [0.05, 0.1) is 6.04 Å². The number of aromatic nitrogens is 1. The molecule has 3 atom stereocenters. The number of oxazole rings is 1. The van der Waals surface area contributed by atoms with Crippen LogP contribution < -0.4 is 15.5 Å². The van der Waals surface area contributed by atoms with Gasteiger partial charge < -0.3 is 30.2 Å². The van der Waals surface area contributed by atoms with Gasteiger partial charge in [-0.2, -0.15) is 0 Å². The molecular formula is C29H36N4O6. The lowest BCUT2D eigenvalue weighted by molar-refractivity contribution is -0.125. The summed E-state index contributed by atoms with van der Waals surface area (Å²) in [7, 11) is 0. The quantitative estimate of drug-likeness (QED) is 0.256. The fourth-order valence-corrected chi connectivity index (χ4v) is 4.29. The highest BCUT2D eigenvalue weighted by Crippen LogP contribution is 2.23. The van der Waals surface area contributed by atoms with Gasteiger partial charge in [-0.15, -0.1) is 0 Å². The van der Waals surface area contributed by atoms with Gasteiger partial charge in [0.1, 0.15) is 12.3 Å². The summed E-state index contributed by atoms with van der Waals surface area (Å²) in [5, 5.41) is 25.5. The molecule has 0 bridgehead atoms. The molecule has 1 aromatic heterocycles. The number of carboxylic acid groups (broad SMARTS) is 1. The van der Waals surface area contributed by atoms with E-state index in [1.807, 2.05) is 81.4 Å². The lowest BCUT2D eigenvalue weighted by atomic mass is 9.99. The number of aliphatic hydroxyl groups is 1. The van der Waals surface area contributed by atoms with Gasteiger partial charge in [-0.3, -0.25) is 9.59 Å². The van der Waals surface area contributed by atoms with Crippen LogP contribution in [-0.2, 0) is 11.2 Å². The van der Waals surface area contributed by atoms with Crippen LogP contribution in [0.15, 0.2) is 71.3 Å². The van der Waals surface area contributed by atoms with Crippen LogP contribution in [0.3, 0.4) is 0 Å². The van der Waals surface area contributed by atoms with E-state index in [9.17, 15) is 24.6 Å². The van der Waals surface area contributed by atoms with Gasteiger partial charge in [-0.25, -0.2) is 9.78 Å². The molecular weight excluding hydrogens is 500 g/mol. The number of para-hydroxylation sites is 1. The van der Waals surface area contributed by atoms with Gasteiger partial charge in [0.25, 0.3) is 5.91 Å². The second-order valence-electron chi connectivity index (χ2n) is 9.67. The normalized spacial score (nSPS) is 13.4. The highest BCUT2D eigenvalue weighted by atomic mass is 16.4. The standard InChI is InChI=1S/C29H36N4O6/c1-4-33(21-13-9-6-10-14-21)28(36)24-18-39-27(31-24)25(34)22(16-15-20-11-7-5-8-12-20)30-26(35)23(17-19(2)3)32-29(37)38/h5-14,18-19,22-23,25,32,34H,4,15-17H2,1-3H3,(H,30,35)(H,37,38). The first-order valence-electron chi connectivity index (χ1n) is 13.0. The third kappa shape index (κ3) is 8.41. The molecule has 39 heavy (non-hydrogen) atoms. The maximum absolute atomic E-state index is 13.2. The van der Waals surface area contributed by atoms with Gasteiger partial charge in [-0.1, -0.05) is 62.4 Å². The molecule has 1 heterocycles.